The summed E-state index contributed by atoms with van der Waals surface area (Å²) in [5, 5.41) is 3.46. The molecule has 0 spiro atoms. The molecule has 0 aromatic heterocycles. The molecule has 15 heavy (non-hydrogen) atoms. The van der Waals surface area contributed by atoms with Gasteiger partial charge in [0.15, 0.2) is 0 Å². The maximum absolute atomic E-state index is 11.3. The Labute approximate surface area is 93.2 Å². The van der Waals surface area contributed by atoms with Gasteiger partial charge < -0.3 is 10.2 Å². The summed E-state index contributed by atoms with van der Waals surface area (Å²) in [6, 6.07) is 0.572. The zero-order valence-corrected chi connectivity index (χ0v) is 10.3. The Bertz CT molecular complexity index is 198. The Balaban J connectivity index is 2.11. The second-order valence-electron chi connectivity index (χ2n) is 4.83. The Morgan fingerprint density at radius 1 is 1.40 bits per heavy atom. The average Bonchev–Trinajstić information content (AvgIpc) is 2.70. The molecule has 88 valence electrons. The molecule has 0 bridgehead atoms. The number of nitrogens with zero attached hydrogens (tertiary/aromatic N) is 1. The second kappa shape index (κ2) is 6.11. The van der Waals surface area contributed by atoms with E-state index in [0.29, 0.717) is 12.5 Å². The van der Waals surface area contributed by atoms with E-state index in [-0.39, 0.29) is 5.91 Å². The predicted octanol–water partition coefficient (Wildman–Crippen LogP) is 1.63. The van der Waals surface area contributed by atoms with E-state index in [1.807, 2.05) is 14.1 Å². The van der Waals surface area contributed by atoms with E-state index in [9.17, 15) is 4.79 Å². The normalized spacial score (nSPS) is 19.1. The zero-order chi connectivity index (χ0) is 11.3. The van der Waals surface area contributed by atoms with Gasteiger partial charge in [0.1, 0.15) is 0 Å². The number of rotatable bonds is 5. The molecule has 0 radical (unpaired) electrons. The van der Waals surface area contributed by atoms with Crippen molar-refractivity contribution in [3.05, 3.63) is 0 Å². The highest BCUT2D eigenvalue weighted by Gasteiger charge is 2.20. The minimum Gasteiger partial charge on any atom is -0.349 e. The van der Waals surface area contributed by atoms with Crippen LogP contribution in [0.3, 0.4) is 0 Å². The molecule has 1 rings (SSSR count). The van der Waals surface area contributed by atoms with Gasteiger partial charge in [-0.25, -0.2) is 0 Å². The fourth-order valence-electron chi connectivity index (χ4n) is 2.25. The Hall–Kier alpha value is -0.570. The van der Waals surface area contributed by atoms with E-state index in [1.54, 1.807) is 4.90 Å². The standard InChI is InChI=1S/C12H24N2O/c1-10(11-6-4-5-7-11)13-9-8-12(15)14(2)3/h10-11,13H,4-9H2,1-3H3/t10-/m1/s1. The van der Waals surface area contributed by atoms with Crippen LogP contribution in [0.2, 0.25) is 0 Å². The minimum atomic E-state index is 0.209. The SMILES string of the molecule is C[C@@H](NCCC(=O)N(C)C)C1CCCC1. The van der Waals surface area contributed by atoms with Crippen LogP contribution in [0.15, 0.2) is 0 Å². The van der Waals surface area contributed by atoms with Gasteiger partial charge in [-0.1, -0.05) is 12.8 Å². The molecular formula is C12H24N2O. The fourth-order valence-corrected chi connectivity index (χ4v) is 2.25. The van der Waals surface area contributed by atoms with Crippen LogP contribution in [0, 0.1) is 5.92 Å². The number of carbonyl (C=O) groups is 1. The maximum Gasteiger partial charge on any atom is 0.223 e. The molecule has 1 N–H and O–H groups in total. The van der Waals surface area contributed by atoms with Crippen molar-refractivity contribution in [1.29, 1.82) is 0 Å². The van der Waals surface area contributed by atoms with Crippen LogP contribution in [0.1, 0.15) is 39.0 Å². The lowest BCUT2D eigenvalue weighted by atomic mass is 10.00. The summed E-state index contributed by atoms with van der Waals surface area (Å²) in [6.07, 6.45) is 6.09. The van der Waals surface area contributed by atoms with E-state index in [1.165, 1.54) is 25.7 Å². The molecule has 0 unspecified atom stereocenters. The van der Waals surface area contributed by atoms with Crippen LogP contribution in [-0.2, 0) is 4.79 Å². The van der Waals surface area contributed by atoms with Gasteiger partial charge >= 0.3 is 0 Å². The molecule has 1 atom stereocenters. The summed E-state index contributed by atoms with van der Waals surface area (Å²) in [4.78, 5) is 13.0. The molecular weight excluding hydrogens is 188 g/mol. The highest BCUT2D eigenvalue weighted by Crippen LogP contribution is 2.27. The van der Waals surface area contributed by atoms with Crippen molar-refractivity contribution in [2.24, 2.45) is 5.92 Å². The number of hydrogen-bond donors (Lipinski definition) is 1. The lowest BCUT2D eigenvalue weighted by Gasteiger charge is -2.20. The molecule has 0 aromatic rings. The number of carbonyl (C=O) groups excluding carboxylic acids is 1. The van der Waals surface area contributed by atoms with Gasteiger partial charge in [0.25, 0.3) is 0 Å². The molecule has 1 fully saturated rings. The molecule has 1 saturated carbocycles. The largest absolute Gasteiger partial charge is 0.349 e. The summed E-state index contributed by atoms with van der Waals surface area (Å²) in [5.74, 6) is 1.04. The monoisotopic (exact) mass is 212 g/mol. The lowest BCUT2D eigenvalue weighted by molar-refractivity contribution is -0.128. The van der Waals surface area contributed by atoms with E-state index in [4.69, 9.17) is 0 Å². The molecule has 0 aliphatic heterocycles. The number of amides is 1. The van der Waals surface area contributed by atoms with Gasteiger partial charge in [0.2, 0.25) is 5.91 Å². The van der Waals surface area contributed by atoms with Crippen LogP contribution < -0.4 is 5.32 Å². The van der Waals surface area contributed by atoms with Gasteiger partial charge in [-0.05, 0) is 25.7 Å². The third-order valence-electron chi connectivity index (χ3n) is 3.41. The molecule has 3 nitrogen and oxygen atoms in total. The van der Waals surface area contributed by atoms with Crippen molar-refractivity contribution in [2.45, 2.75) is 45.1 Å². The first kappa shape index (κ1) is 12.5. The lowest BCUT2D eigenvalue weighted by Crippen LogP contribution is -2.35. The van der Waals surface area contributed by atoms with Crippen molar-refractivity contribution in [3.8, 4) is 0 Å². The third kappa shape index (κ3) is 4.20. The summed E-state index contributed by atoms with van der Waals surface area (Å²) in [6.45, 7) is 3.06. The van der Waals surface area contributed by atoms with Crippen molar-refractivity contribution >= 4 is 5.91 Å². The molecule has 3 heteroatoms. The summed E-state index contributed by atoms with van der Waals surface area (Å²) < 4.78 is 0. The van der Waals surface area contributed by atoms with Crippen molar-refractivity contribution in [3.63, 3.8) is 0 Å². The average molecular weight is 212 g/mol. The topological polar surface area (TPSA) is 32.3 Å². The first-order valence-electron chi connectivity index (χ1n) is 6.05. The molecule has 0 aromatic carbocycles. The van der Waals surface area contributed by atoms with E-state index in [0.717, 1.165) is 12.5 Å². The van der Waals surface area contributed by atoms with Crippen LogP contribution >= 0.6 is 0 Å². The molecule has 0 heterocycles. The van der Waals surface area contributed by atoms with Crippen molar-refractivity contribution < 1.29 is 4.79 Å². The highest BCUT2D eigenvalue weighted by atomic mass is 16.2. The molecule has 1 aliphatic rings. The highest BCUT2D eigenvalue weighted by molar-refractivity contribution is 5.75. The Kier molecular flexibility index (Phi) is 5.09. The van der Waals surface area contributed by atoms with Crippen LogP contribution in [-0.4, -0.2) is 37.5 Å². The number of nitrogens with one attached hydrogen (secondary N) is 1. The van der Waals surface area contributed by atoms with Crippen molar-refractivity contribution in [2.75, 3.05) is 20.6 Å². The van der Waals surface area contributed by atoms with Crippen LogP contribution in [0.4, 0.5) is 0 Å². The minimum absolute atomic E-state index is 0.209. The number of hydrogen-bond acceptors (Lipinski definition) is 2. The van der Waals surface area contributed by atoms with Gasteiger partial charge in [-0.15, -0.1) is 0 Å². The summed E-state index contributed by atoms with van der Waals surface area (Å²) >= 11 is 0. The van der Waals surface area contributed by atoms with E-state index >= 15 is 0 Å². The van der Waals surface area contributed by atoms with Crippen LogP contribution in [0.25, 0.3) is 0 Å². The quantitative estimate of drug-likeness (QED) is 0.751. The Morgan fingerprint density at radius 2 is 2.00 bits per heavy atom. The third-order valence-corrected chi connectivity index (χ3v) is 3.41. The molecule has 1 amide bonds. The van der Waals surface area contributed by atoms with Crippen LogP contribution in [0.5, 0.6) is 0 Å². The first-order valence-corrected chi connectivity index (χ1v) is 6.05. The first-order chi connectivity index (χ1) is 7.11. The fraction of sp³-hybridized carbons (Fsp3) is 0.917. The predicted molar refractivity (Wildman–Crippen MR) is 62.7 cm³/mol. The van der Waals surface area contributed by atoms with Crippen molar-refractivity contribution in [1.82, 2.24) is 10.2 Å². The molecule has 0 saturated heterocycles. The summed E-state index contributed by atoms with van der Waals surface area (Å²) in [5.41, 5.74) is 0. The van der Waals surface area contributed by atoms with Gasteiger partial charge in [0.05, 0.1) is 0 Å². The maximum atomic E-state index is 11.3. The summed E-state index contributed by atoms with van der Waals surface area (Å²) in [7, 11) is 3.62. The van der Waals surface area contributed by atoms with Gasteiger partial charge in [0, 0.05) is 33.1 Å². The smallest absolute Gasteiger partial charge is 0.223 e. The zero-order valence-electron chi connectivity index (χ0n) is 10.3. The van der Waals surface area contributed by atoms with E-state index in [2.05, 4.69) is 12.2 Å². The van der Waals surface area contributed by atoms with E-state index < -0.39 is 0 Å². The van der Waals surface area contributed by atoms with Gasteiger partial charge in [-0.3, -0.25) is 4.79 Å². The second-order valence-corrected chi connectivity index (χ2v) is 4.83. The van der Waals surface area contributed by atoms with Gasteiger partial charge in [-0.2, -0.15) is 0 Å². The molecule has 1 aliphatic carbocycles. The Morgan fingerprint density at radius 3 is 2.53 bits per heavy atom.